The number of nitrogens with zero attached hydrogens (tertiary/aromatic N) is 5. The molecule has 0 aliphatic carbocycles. The number of carbonyl (C=O) groups excluding carboxylic acids is 1. The van der Waals surface area contributed by atoms with Gasteiger partial charge in [-0.15, -0.1) is 0 Å². The van der Waals surface area contributed by atoms with Crippen LogP contribution in [0.5, 0.6) is 11.5 Å². The topological polar surface area (TPSA) is 120 Å². The van der Waals surface area contributed by atoms with E-state index < -0.39 is 16.6 Å². The van der Waals surface area contributed by atoms with Gasteiger partial charge in [-0.05, 0) is 58.0 Å². The summed E-state index contributed by atoms with van der Waals surface area (Å²) in [7, 11) is 3.07. The molecule has 3 aromatic rings. The van der Waals surface area contributed by atoms with Crippen LogP contribution in [0.4, 0.5) is 27.8 Å². The van der Waals surface area contributed by atoms with Gasteiger partial charge < -0.3 is 19.1 Å². The number of rotatable bonds is 9. The van der Waals surface area contributed by atoms with Gasteiger partial charge in [0.1, 0.15) is 22.9 Å². The van der Waals surface area contributed by atoms with E-state index in [0.717, 1.165) is 0 Å². The van der Waals surface area contributed by atoms with E-state index >= 15 is 0 Å². The van der Waals surface area contributed by atoms with Crippen molar-refractivity contribution in [2.45, 2.75) is 39.8 Å². The van der Waals surface area contributed by atoms with E-state index in [0.29, 0.717) is 29.3 Å². The van der Waals surface area contributed by atoms with E-state index in [1.54, 1.807) is 75.5 Å². The number of amides is 1. The molecule has 196 valence electrons. The Hall–Kier alpha value is -4.41. The second kappa shape index (κ2) is 11.5. The number of carbonyl (C=O) groups is 1. The van der Waals surface area contributed by atoms with Crippen LogP contribution in [-0.2, 0) is 11.3 Å². The van der Waals surface area contributed by atoms with Crippen LogP contribution in [0.25, 0.3) is 0 Å². The van der Waals surface area contributed by atoms with Gasteiger partial charge in [-0.25, -0.2) is 9.78 Å². The van der Waals surface area contributed by atoms with Crippen molar-refractivity contribution in [1.29, 1.82) is 0 Å². The molecule has 2 aromatic heterocycles. The molecule has 0 saturated carbocycles. The van der Waals surface area contributed by atoms with E-state index in [-0.39, 0.29) is 23.9 Å². The molecular formula is C26H31N5O6. The van der Waals surface area contributed by atoms with Crippen molar-refractivity contribution in [2.24, 2.45) is 0 Å². The van der Waals surface area contributed by atoms with Gasteiger partial charge in [0.25, 0.3) is 0 Å². The van der Waals surface area contributed by atoms with Crippen LogP contribution in [-0.4, -0.2) is 47.3 Å². The smallest absolute Gasteiger partial charge is 0.416 e. The van der Waals surface area contributed by atoms with Crippen molar-refractivity contribution in [2.75, 3.05) is 30.6 Å². The summed E-state index contributed by atoms with van der Waals surface area (Å²) in [4.78, 5) is 36.5. The zero-order valence-corrected chi connectivity index (χ0v) is 21.8. The molecule has 0 radical (unpaired) electrons. The monoisotopic (exact) mass is 509 g/mol. The van der Waals surface area contributed by atoms with Crippen LogP contribution >= 0.6 is 0 Å². The standard InChI is InChI=1S/C26H31N5O6/c1-7-29(19-9-8-14-27-16-19)24-21(31(33)34)12-13-23(28-24)30(25(32)37-26(2,3)4)17-18-10-11-20(35-5)15-22(18)36-6/h8-16H,7,17H2,1-6H3. The summed E-state index contributed by atoms with van der Waals surface area (Å²) < 4.78 is 16.4. The third-order valence-corrected chi connectivity index (χ3v) is 5.28. The molecule has 0 spiro atoms. The summed E-state index contributed by atoms with van der Waals surface area (Å²) in [5.74, 6) is 1.35. The Morgan fingerprint density at radius 1 is 1.11 bits per heavy atom. The molecule has 0 unspecified atom stereocenters. The van der Waals surface area contributed by atoms with E-state index in [2.05, 4.69) is 9.97 Å². The Balaban J connectivity index is 2.14. The van der Waals surface area contributed by atoms with E-state index in [1.165, 1.54) is 24.1 Å². The van der Waals surface area contributed by atoms with Crippen LogP contribution in [0.2, 0.25) is 0 Å². The number of hydrogen-bond donors (Lipinski definition) is 0. The van der Waals surface area contributed by atoms with Crippen LogP contribution in [0, 0.1) is 10.1 Å². The predicted molar refractivity (Wildman–Crippen MR) is 140 cm³/mol. The molecule has 0 fully saturated rings. The molecule has 2 heterocycles. The molecule has 0 aliphatic heterocycles. The highest BCUT2D eigenvalue weighted by atomic mass is 16.6. The molecule has 0 N–H and O–H groups in total. The average Bonchev–Trinajstić information content (AvgIpc) is 2.87. The fourth-order valence-electron chi connectivity index (χ4n) is 3.60. The van der Waals surface area contributed by atoms with Crippen LogP contribution < -0.4 is 19.3 Å². The zero-order chi connectivity index (χ0) is 27.2. The van der Waals surface area contributed by atoms with E-state index in [9.17, 15) is 14.9 Å². The molecule has 37 heavy (non-hydrogen) atoms. The zero-order valence-electron chi connectivity index (χ0n) is 21.8. The molecule has 11 heteroatoms. The molecule has 0 bridgehead atoms. The second-order valence-corrected chi connectivity index (χ2v) is 8.97. The van der Waals surface area contributed by atoms with Crippen molar-refractivity contribution < 1.29 is 23.9 Å². The van der Waals surface area contributed by atoms with Gasteiger partial charge in [0.05, 0.1) is 37.6 Å². The van der Waals surface area contributed by atoms with Crippen molar-refractivity contribution in [3.05, 3.63) is 70.5 Å². The highest BCUT2D eigenvalue weighted by Crippen LogP contribution is 2.35. The van der Waals surface area contributed by atoms with Crippen molar-refractivity contribution >= 4 is 29.1 Å². The third-order valence-electron chi connectivity index (χ3n) is 5.28. The molecule has 0 atom stereocenters. The number of anilines is 3. The highest BCUT2D eigenvalue weighted by Gasteiger charge is 2.29. The normalized spacial score (nSPS) is 11.0. The minimum absolute atomic E-state index is 0.0331. The maximum atomic E-state index is 13.4. The Morgan fingerprint density at radius 3 is 2.43 bits per heavy atom. The number of hydrogen-bond acceptors (Lipinski definition) is 9. The fourth-order valence-corrected chi connectivity index (χ4v) is 3.60. The van der Waals surface area contributed by atoms with E-state index in [4.69, 9.17) is 14.2 Å². The van der Waals surface area contributed by atoms with Crippen molar-refractivity contribution in [3.8, 4) is 11.5 Å². The molecule has 3 rings (SSSR count). The van der Waals surface area contributed by atoms with Gasteiger partial charge in [-0.3, -0.25) is 20.0 Å². The maximum absolute atomic E-state index is 13.4. The lowest BCUT2D eigenvalue weighted by atomic mass is 10.1. The summed E-state index contributed by atoms with van der Waals surface area (Å²) in [6.45, 7) is 7.53. The fraction of sp³-hybridized carbons (Fsp3) is 0.346. The number of aromatic nitrogens is 2. The molecule has 0 aliphatic rings. The lowest BCUT2D eigenvalue weighted by molar-refractivity contribution is -0.384. The first-order valence-electron chi connectivity index (χ1n) is 11.6. The van der Waals surface area contributed by atoms with Gasteiger partial charge in [0.15, 0.2) is 0 Å². The lowest BCUT2D eigenvalue weighted by Crippen LogP contribution is -2.37. The molecule has 11 nitrogen and oxygen atoms in total. The van der Waals surface area contributed by atoms with Gasteiger partial charge in [0, 0.05) is 30.4 Å². The number of pyridine rings is 2. The molecule has 0 saturated heterocycles. The molecule has 1 amide bonds. The highest BCUT2D eigenvalue weighted by molar-refractivity contribution is 5.87. The summed E-state index contributed by atoms with van der Waals surface area (Å²) in [6.07, 6.45) is 2.54. The SMILES string of the molecule is CCN(c1cccnc1)c1nc(N(Cc2ccc(OC)cc2OC)C(=O)OC(C)(C)C)ccc1[N+](=O)[O-]. The Labute approximate surface area is 215 Å². The minimum Gasteiger partial charge on any atom is -0.497 e. The van der Waals surface area contributed by atoms with Crippen molar-refractivity contribution in [1.82, 2.24) is 9.97 Å². The summed E-state index contributed by atoms with van der Waals surface area (Å²) in [6, 6.07) is 11.5. The number of benzene rings is 1. The quantitative estimate of drug-likeness (QED) is 0.272. The first-order valence-corrected chi connectivity index (χ1v) is 11.6. The first-order chi connectivity index (χ1) is 17.6. The van der Waals surface area contributed by atoms with Crippen LogP contribution in [0.15, 0.2) is 54.9 Å². The summed E-state index contributed by atoms with van der Waals surface area (Å²) in [5, 5.41) is 11.9. The number of ether oxygens (including phenoxy) is 3. The number of nitro groups is 1. The van der Waals surface area contributed by atoms with Gasteiger partial charge in [-0.1, -0.05) is 0 Å². The average molecular weight is 510 g/mol. The van der Waals surface area contributed by atoms with Gasteiger partial charge in [0.2, 0.25) is 5.82 Å². The lowest BCUT2D eigenvalue weighted by Gasteiger charge is -2.28. The Bertz CT molecular complexity index is 1250. The minimum atomic E-state index is -0.784. The second-order valence-electron chi connectivity index (χ2n) is 8.97. The van der Waals surface area contributed by atoms with Crippen LogP contribution in [0.1, 0.15) is 33.3 Å². The Kier molecular flexibility index (Phi) is 8.49. The maximum Gasteiger partial charge on any atom is 0.416 e. The summed E-state index contributed by atoms with van der Waals surface area (Å²) in [5.41, 5.74) is 0.295. The third kappa shape index (κ3) is 6.63. The van der Waals surface area contributed by atoms with Gasteiger partial charge in [-0.2, -0.15) is 0 Å². The van der Waals surface area contributed by atoms with Crippen molar-refractivity contribution in [3.63, 3.8) is 0 Å². The van der Waals surface area contributed by atoms with E-state index in [1.807, 2.05) is 6.92 Å². The largest absolute Gasteiger partial charge is 0.497 e. The predicted octanol–water partition coefficient (Wildman–Crippen LogP) is 5.50. The van der Waals surface area contributed by atoms with Gasteiger partial charge >= 0.3 is 11.8 Å². The number of methoxy groups -OCH3 is 2. The first kappa shape index (κ1) is 27.2. The summed E-state index contributed by atoms with van der Waals surface area (Å²) >= 11 is 0. The Morgan fingerprint density at radius 2 is 1.86 bits per heavy atom. The molecule has 1 aromatic carbocycles. The molecular weight excluding hydrogens is 478 g/mol. The van der Waals surface area contributed by atoms with Crippen LogP contribution in [0.3, 0.4) is 0 Å².